The van der Waals surface area contributed by atoms with Gasteiger partial charge in [-0.25, -0.2) is 4.98 Å². The molecule has 10 heteroatoms. The first-order chi connectivity index (χ1) is 13.9. The fraction of sp³-hybridized carbons (Fsp3) is 0.368. The van der Waals surface area contributed by atoms with Crippen molar-refractivity contribution in [2.75, 3.05) is 0 Å². The maximum Gasteiger partial charge on any atom is 0.504 e. The van der Waals surface area contributed by atoms with E-state index in [1.807, 2.05) is 30.3 Å². The zero-order valence-corrected chi connectivity index (χ0v) is 16.4. The van der Waals surface area contributed by atoms with E-state index in [-0.39, 0.29) is 18.2 Å². The molecule has 0 fully saturated rings. The Bertz CT molecular complexity index is 777. The minimum atomic E-state index is -1.91. The number of nitrogens with zero attached hydrogens (tertiary/aromatic N) is 2. The molecular formula is C19H25BN4O5. The van der Waals surface area contributed by atoms with Crippen LogP contribution in [0.4, 0.5) is 0 Å². The largest absolute Gasteiger partial charge is 0.504 e. The van der Waals surface area contributed by atoms with Crippen molar-refractivity contribution < 1.29 is 24.4 Å². The first kappa shape index (κ1) is 22.5. The van der Waals surface area contributed by atoms with Gasteiger partial charge in [-0.3, -0.25) is 14.6 Å². The lowest BCUT2D eigenvalue weighted by Crippen LogP contribution is -2.55. The molecule has 154 valence electrons. The van der Waals surface area contributed by atoms with Gasteiger partial charge in [0.25, 0.3) is 5.91 Å². The molecule has 1 aromatic heterocycles. The number of ether oxygens (including phenoxy) is 1. The van der Waals surface area contributed by atoms with Gasteiger partial charge in [-0.1, -0.05) is 30.3 Å². The number of aromatic nitrogens is 2. The standard InChI is InChI=1S/C19H25BN4O5/c1-13(2)29-19(20(27)28)24-17(25)15(9-8-14-6-4-3-5-7-14)23-18(26)16-12-21-10-11-22-16/h3-7,10-13,15,19,27-28H,8-9H2,1-2H3,(H,23,26)(H,24,25). The fourth-order valence-electron chi connectivity index (χ4n) is 2.59. The normalized spacial score (nSPS) is 12.9. The minimum Gasteiger partial charge on any atom is -0.424 e. The van der Waals surface area contributed by atoms with Crippen molar-refractivity contribution in [2.45, 2.75) is 45.0 Å². The molecule has 1 heterocycles. The Labute approximate surface area is 169 Å². The highest BCUT2D eigenvalue weighted by atomic mass is 16.5. The molecule has 0 bridgehead atoms. The van der Waals surface area contributed by atoms with Gasteiger partial charge >= 0.3 is 7.12 Å². The molecule has 0 saturated carbocycles. The van der Waals surface area contributed by atoms with Crippen LogP contribution in [0.3, 0.4) is 0 Å². The van der Waals surface area contributed by atoms with E-state index in [1.165, 1.54) is 18.6 Å². The van der Waals surface area contributed by atoms with E-state index in [9.17, 15) is 19.6 Å². The Hall–Kier alpha value is -2.82. The summed E-state index contributed by atoms with van der Waals surface area (Å²) in [5.41, 5.74) is 1.07. The smallest absolute Gasteiger partial charge is 0.424 e. The van der Waals surface area contributed by atoms with E-state index < -0.39 is 31.1 Å². The van der Waals surface area contributed by atoms with Crippen LogP contribution in [0.15, 0.2) is 48.9 Å². The van der Waals surface area contributed by atoms with Crippen molar-refractivity contribution in [1.82, 2.24) is 20.6 Å². The lowest BCUT2D eigenvalue weighted by molar-refractivity contribution is -0.127. The predicted molar refractivity (Wildman–Crippen MR) is 106 cm³/mol. The van der Waals surface area contributed by atoms with Gasteiger partial charge in [0.1, 0.15) is 11.7 Å². The molecule has 0 aliphatic carbocycles. The van der Waals surface area contributed by atoms with Crippen LogP contribution >= 0.6 is 0 Å². The lowest BCUT2D eigenvalue weighted by atomic mass is 9.88. The molecule has 0 spiro atoms. The van der Waals surface area contributed by atoms with E-state index in [0.29, 0.717) is 6.42 Å². The maximum absolute atomic E-state index is 12.8. The molecule has 2 amide bonds. The fourth-order valence-corrected chi connectivity index (χ4v) is 2.59. The number of benzene rings is 1. The number of nitrogens with one attached hydrogen (secondary N) is 2. The summed E-state index contributed by atoms with van der Waals surface area (Å²) in [7, 11) is -1.91. The second kappa shape index (κ2) is 11.3. The van der Waals surface area contributed by atoms with Crippen LogP contribution in [0.5, 0.6) is 0 Å². The van der Waals surface area contributed by atoms with E-state index in [4.69, 9.17) is 4.74 Å². The Morgan fingerprint density at radius 2 is 1.86 bits per heavy atom. The van der Waals surface area contributed by atoms with Crippen LogP contribution in [0.25, 0.3) is 0 Å². The number of carbonyl (C=O) groups excluding carboxylic acids is 2. The summed E-state index contributed by atoms with van der Waals surface area (Å²) in [6.07, 6.45) is 3.25. The summed E-state index contributed by atoms with van der Waals surface area (Å²) >= 11 is 0. The molecule has 1 aromatic carbocycles. The van der Waals surface area contributed by atoms with Crippen LogP contribution in [0, 0.1) is 0 Å². The zero-order chi connectivity index (χ0) is 21.2. The number of hydrogen-bond acceptors (Lipinski definition) is 7. The first-order valence-electron chi connectivity index (χ1n) is 9.29. The van der Waals surface area contributed by atoms with E-state index in [2.05, 4.69) is 20.6 Å². The molecular weight excluding hydrogens is 375 g/mol. The van der Waals surface area contributed by atoms with Crippen molar-refractivity contribution in [3.63, 3.8) is 0 Å². The van der Waals surface area contributed by atoms with Gasteiger partial charge in [-0.15, -0.1) is 0 Å². The third-order valence-electron chi connectivity index (χ3n) is 3.96. The van der Waals surface area contributed by atoms with Crippen molar-refractivity contribution in [2.24, 2.45) is 0 Å². The van der Waals surface area contributed by atoms with Crippen LogP contribution in [0.1, 0.15) is 36.3 Å². The van der Waals surface area contributed by atoms with Crippen LogP contribution in [-0.4, -0.2) is 57.2 Å². The molecule has 0 radical (unpaired) electrons. The summed E-state index contributed by atoms with van der Waals surface area (Å²) in [5.74, 6) is -1.16. The molecule has 2 aromatic rings. The average molecular weight is 400 g/mol. The van der Waals surface area contributed by atoms with Crippen LogP contribution in [-0.2, 0) is 16.0 Å². The lowest BCUT2D eigenvalue weighted by Gasteiger charge is -2.24. The highest BCUT2D eigenvalue weighted by Gasteiger charge is 2.31. The van der Waals surface area contributed by atoms with Gasteiger partial charge in [-0.05, 0) is 32.3 Å². The Morgan fingerprint density at radius 3 is 2.45 bits per heavy atom. The van der Waals surface area contributed by atoms with Gasteiger partial charge in [-0.2, -0.15) is 0 Å². The molecule has 2 rings (SSSR count). The van der Waals surface area contributed by atoms with Gasteiger partial charge in [0.05, 0.1) is 12.3 Å². The highest BCUT2D eigenvalue weighted by Crippen LogP contribution is 2.07. The van der Waals surface area contributed by atoms with Gasteiger partial charge in [0, 0.05) is 12.4 Å². The van der Waals surface area contributed by atoms with Crippen molar-refractivity contribution >= 4 is 18.9 Å². The SMILES string of the molecule is CC(C)OC(NC(=O)C(CCc1ccccc1)NC(=O)c1cnccn1)B(O)O. The molecule has 0 saturated heterocycles. The number of amides is 2. The van der Waals surface area contributed by atoms with Gasteiger partial charge in [0.2, 0.25) is 5.91 Å². The average Bonchev–Trinajstić information content (AvgIpc) is 2.71. The third-order valence-corrected chi connectivity index (χ3v) is 3.96. The highest BCUT2D eigenvalue weighted by molar-refractivity contribution is 6.43. The quantitative estimate of drug-likeness (QED) is 0.328. The van der Waals surface area contributed by atoms with Crippen molar-refractivity contribution in [3.05, 3.63) is 60.2 Å². The van der Waals surface area contributed by atoms with Crippen molar-refractivity contribution in [3.8, 4) is 0 Å². The second-order valence-corrected chi connectivity index (χ2v) is 6.67. The number of hydrogen-bond donors (Lipinski definition) is 4. The number of rotatable bonds is 10. The predicted octanol–water partition coefficient (Wildman–Crippen LogP) is 0.0871. The molecule has 4 N–H and O–H groups in total. The molecule has 0 aliphatic rings. The maximum atomic E-state index is 12.8. The third kappa shape index (κ3) is 7.61. The summed E-state index contributed by atoms with van der Waals surface area (Å²) in [4.78, 5) is 33.0. The van der Waals surface area contributed by atoms with Crippen LogP contribution in [0.2, 0.25) is 0 Å². The Kier molecular flexibility index (Phi) is 8.72. The second-order valence-electron chi connectivity index (χ2n) is 6.67. The molecule has 2 atom stereocenters. The minimum absolute atomic E-state index is 0.0715. The van der Waals surface area contributed by atoms with E-state index in [1.54, 1.807) is 13.8 Å². The molecule has 29 heavy (non-hydrogen) atoms. The molecule has 2 unspecified atom stereocenters. The topological polar surface area (TPSA) is 134 Å². The Morgan fingerprint density at radius 1 is 1.14 bits per heavy atom. The van der Waals surface area contributed by atoms with E-state index in [0.717, 1.165) is 5.56 Å². The molecule has 9 nitrogen and oxygen atoms in total. The summed E-state index contributed by atoms with van der Waals surface area (Å²) in [6, 6.07) is 8.55. The van der Waals surface area contributed by atoms with Gasteiger partial charge < -0.3 is 25.4 Å². The summed E-state index contributed by atoms with van der Waals surface area (Å²) in [6.45, 7) is 3.40. The van der Waals surface area contributed by atoms with E-state index >= 15 is 0 Å². The Balaban J connectivity index is 2.11. The summed E-state index contributed by atoms with van der Waals surface area (Å²) in [5, 5.41) is 24.0. The first-order valence-corrected chi connectivity index (χ1v) is 9.29. The van der Waals surface area contributed by atoms with Gasteiger partial charge in [0.15, 0.2) is 6.13 Å². The zero-order valence-electron chi connectivity index (χ0n) is 16.4. The monoisotopic (exact) mass is 400 g/mol. The molecule has 0 aliphatic heterocycles. The van der Waals surface area contributed by atoms with Crippen LogP contribution < -0.4 is 10.6 Å². The number of carbonyl (C=O) groups is 2. The van der Waals surface area contributed by atoms with Crippen molar-refractivity contribution in [1.29, 1.82) is 0 Å². The number of aryl methyl sites for hydroxylation is 1. The summed E-state index contributed by atoms with van der Waals surface area (Å²) < 4.78 is 5.32.